The van der Waals surface area contributed by atoms with Crippen molar-refractivity contribution < 1.29 is 27.1 Å². The Bertz CT molecular complexity index is 933. The fourth-order valence-electron chi connectivity index (χ4n) is 2.39. The fourth-order valence-corrected chi connectivity index (χ4v) is 3.57. The standard InChI is InChI=1S/C21H23FO5S/c1-4-26-20(23)21(2,3)27-18-12-10-16(11-13-18)14-17(22)15-28(24,25)19-8-6-5-7-9-19/h5-14H,4,15H2,1-3H3/b17-14-. The number of ether oxygens (including phenoxy) is 2. The van der Waals surface area contributed by atoms with Crippen molar-refractivity contribution in [3.8, 4) is 5.75 Å². The van der Waals surface area contributed by atoms with Crippen molar-refractivity contribution in [2.24, 2.45) is 0 Å². The maximum absolute atomic E-state index is 14.2. The number of benzene rings is 2. The van der Waals surface area contributed by atoms with Crippen LogP contribution in [0.25, 0.3) is 6.08 Å². The van der Waals surface area contributed by atoms with Gasteiger partial charge in [0.2, 0.25) is 0 Å². The van der Waals surface area contributed by atoms with Crippen LogP contribution < -0.4 is 4.74 Å². The monoisotopic (exact) mass is 406 g/mol. The van der Waals surface area contributed by atoms with Gasteiger partial charge in [0, 0.05) is 0 Å². The van der Waals surface area contributed by atoms with Crippen LogP contribution in [0.2, 0.25) is 0 Å². The van der Waals surface area contributed by atoms with Crippen LogP contribution in [0.5, 0.6) is 5.75 Å². The Kier molecular flexibility index (Phi) is 6.96. The summed E-state index contributed by atoms with van der Waals surface area (Å²) in [6.45, 7) is 5.14. The first kappa shape index (κ1) is 21.6. The van der Waals surface area contributed by atoms with Gasteiger partial charge in [-0.2, -0.15) is 0 Å². The lowest BCUT2D eigenvalue weighted by Gasteiger charge is -2.24. The van der Waals surface area contributed by atoms with E-state index in [1.807, 2.05) is 0 Å². The molecule has 2 aromatic carbocycles. The van der Waals surface area contributed by atoms with E-state index in [0.717, 1.165) is 6.08 Å². The molecule has 0 unspecified atom stereocenters. The number of halogens is 1. The van der Waals surface area contributed by atoms with E-state index in [1.54, 1.807) is 63.2 Å². The quantitative estimate of drug-likeness (QED) is 0.615. The third-order valence-electron chi connectivity index (χ3n) is 3.77. The van der Waals surface area contributed by atoms with Gasteiger partial charge in [0.25, 0.3) is 0 Å². The highest BCUT2D eigenvalue weighted by atomic mass is 32.2. The van der Waals surface area contributed by atoms with Crippen molar-refractivity contribution in [3.63, 3.8) is 0 Å². The molecule has 0 aromatic heterocycles. The van der Waals surface area contributed by atoms with E-state index in [0.29, 0.717) is 11.3 Å². The normalized spacial score (nSPS) is 12.5. The van der Waals surface area contributed by atoms with Gasteiger partial charge in [0.05, 0.1) is 11.5 Å². The number of esters is 1. The van der Waals surface area contributed by atoms with Crippen LogP contribution >= 0.6 is 0 Å². The Labute approximate surface area is 164 Å². The summed E-state index contributed by atoms with van der Waals surface area (Å²) in [5.41, 5.74) is -0.690. The van der Waals surface area contributed by atoms with E-state index in [1.165, 1.54) is 12.1 Å². The summed E-state index contributed by atoms with van der Waals surface area (Å²) in [5.74, 6) is -1.57. The lowest BCUT2D eigenvalue weighted by atomic mass is 10.1. The molecular formula is C21H23FO5S. The van der Waals surface area contributed by atoms with Crippen molar-refractivity contribution in [1.82, 2.24) is 0 Å². The number of carbonyl (C=O) groups is 1. The van der Waals surface area contributed by atoms with E-state index in [2.05, 4.69) is 0 Å². The number of hydrogen-bond donors (Lipinski definition) is 0. The molecule has 0 aliphatic carbocycles. The molecule has 0 bridgehead atoms. The summed E-state index contributed by atoms with van der Waals surface area (Å²) in [6.07, 6.45) is 1.15. The molecule has 0 heterocycles. The average Bonchev–Trinajstić information content (AvgIpc) is 2.63. The molecule has 0 aliphatic rings. The minimum absolute atomic E-state index is 0.0727. The van der Waals surface area contributed by atoms with E-state index in [-0.39, 0.29) is 11.5 Å². The topological polar surface area (TPSA) is 69.7 Å². The van der Waals surface area contributed by atoms with Crippen molar-refractivity contribution in [3.05, 3.63) is 66.0 Å². The first-order valence-corrected chi connectivity index (χ1v) is 10.4. The van der Waals surface area contributed by atoms with Crippen molar-refractivity contribution in [2.45, 2.75) is 31.3 Å². The van der Waals surface area contributed by atoms with Gasteiger partial charge in [0.1, 0.15) is 17.3 Å². The smallest absolute Gasteiger partial charge is 0.349 e. The molecule has 0 N–H and O–H groups in total. The van der Waals surface area contributed by atoms with Gasteiger partial charge in [-0.25, -0.2) is 17.6 Å². The molecule has 0 radical (unpaired) electrons. The molecule has 2 rings (SSSR count). The van der Waals surface area contributed by atoms with Crippen LogP contribution in [0.1, 0.15) is 26.3 Å². The van der Waals surface area contributed by atoms with Crippen LogP contribution in [0.15, 0.2) is 65.3 Å². The van der Waals surface area contributed by atoms with Gasteiger partial charge in [0.15, 0.2) is 15.4 Å². The van der Waals surface area contributed by atoms with Gasteiger partial charge < -0.3 is 9.47 Å². The number of sulfone groups is 1. The largest absolute Gasteiger partial charge is 0.476 e. The Hall–Kier alpha value is -2.67. The van der Waals surface area contributed by atoms with Gasteiger partial charge in [-0.15, -0.1) is 0 Å². The van der Waals surface area contributed by atoms with Gasteiger partial charge in [-0.1, -0.05) is 30.3 Å². The lowest BCUT2D eigenvalue weighted by Crippen LogP contribution is -2.39. The van der Waals surface area contributed by atoms with Crippen molar-refractivity contribution in [2.75, 3.05) is 12.4 Å². The van der Waals surface area contributed by atoms with E-state index >= 15 is 0 Å². The predicted octanol–water partition coefficient (Wildman–Crippen LogP) is 4.19. The average molecular weight is 406 g/mol. The maximum atomic E-state index is 14.2. The molecule has 150 valence electrons. The van der Waals surface area contributed by atoms with Crippen LogP contribution in [-0.2, 0) is 19.4 Å². The third kappa shape index (κ3) is 5.92. The zero-order valence-electron chi connectivity index (χ0n) is 16.0. The minimum Gasteiger partial charge on any atom is -0.476 e. The first-order chi connectivity index (χ1) is 13.1. The summed E-state index contributed by atoms with van der Waals surface area (Å²) in [6, 6.07) is 14.0. The molecule has 5 nitrogen and oxygen atoms in total. The predicted molar refractivity (Wildman–Crippen MR) is 105 cm³/mol. The molecule has 0 atom stereocenters. The number of rotatable bonds is 8. The van der Waals surface area contributed by atoms with Gasteiger partial charge in [-0.05, 0) is 56.7 Å². The summed E-state index contributed by atoms with van der Waals surface area (Å²) in [5, 5.41) is 0. The highest BCUT2D eigenvalue weighted by Gasteiger charge is 2.31. The molecule has 0 aliphatic heterocycles. The Balaban J connectivity index is 2.08. The Morgan fingerprint density at radius 3 is 2.25 bits per heavy atom. The second-order valence-electron chi connectivity index (χ2n) is 6.57. The molecule has 0 amide bonds. The number of hydrogen-bond acceptors (Lipinski definition) is 5. The summed E-state index contributed by atoms with van der Waals surface area (Å²) in [7, 11) is -3.75. The van der Waals surface area contributed by atoms with Crippen molar-refractivity contribution >= 4 is 21.9 Å². The highest BCUT2D eigenvalue weighted by Crippen LogP contribution is 2.22. The fraction of sp³-hybridized carbons (Fsp3) is 0.286. The van der Waals surface area contributed by atoms with Crippen LogP contribution in [0.4, 0.5) is 4.39 Å². The van der Waals surface area contributed by atoms with E-state index < -0.39 is 33.0 Å². The van der Waals surface area contributed by atoms with Crippen LogP contribution in [-0.4, -0.2) is 32.3 Å². The van der Waals surface area contributed by atoms with Crippen molar-refractivity contribution in [1.29, 1.82) is 0 Å². The molecule has 28 heavy (non-hydrogen) atoms. The van der Waals surface area contributed by atoms with Gasteiger partial charge in [-0.3, -0.25) is 0 Å². The summed E-state index contributed by atoms with van der Waals surface area (Å²) in [4.78, 5) is 11.9. The summed E-state index contributed by atoms with van der Waals surface area (Å²) >= 11 is 0. The molecule has 2 aromatic rings. The summed E-state index contributed by atoms with van der Waals surface area (Å²) < 4.78 is 49.2. The zero-order chi connectivity index (χ0) is 20.8. The third-order valence-corrected chi connectivity index (χ3v) is 5.42. The SMILES string of the molecule is CCOC(=O)C(C)(C)Oc1ccc(/C=C(\F)CS(=O)(=O)c2ccccc2)cc1. The second-order valence-corrected chi connectivity index (χ2v) is 8.55. The Morgan fingerprint density at radius 1 is 1.07 bits per heavy atom. The zero-order valence-corrected chi connectivity index (χ0v) is 16.8. The maximum Gasteiger partial charge on any atom is 0.349 e. The molecule has 7 heteroatoms. The van der Waals surface area contributed by atoms with Gasteiger partial charge >= 0.3 is 5.97 Å². The molecule has 0 spiro atoms. The Morgan fingerprint density at radius 2 is 1.68 bits per heavy atom. The number of carbonyl (C=O) groups excluding carboxylic acids is 1. The molecular weight excluding hydrogens is 383 g/mol. The lowest BCUT2D eigenvalue weighted by molar-refractivity contribution is -0.158. The van der Waals surface area contributed by atoms with Crippen LogP contribution in [0, 0.1) is 0 Å². The molecule has 0 fully saturated rings. The van der Waals surface area contributed by atoms with E-state index in [4.69, 9.17) is 9.47 Å². The molecule has 0 saturated heterocycles. The van der Waals surface area contributed by atoms with Crippen LogP contribution in [0.3, 0.4) is 0 Å². The second kappa shape index (κ2) is 9.01. The first-order valence-electron chi connectivity index (χ1n) is 8.74. The minimum atomic E-state index is -3.75. The highest BCUT2D eigenvalue weighted by molar-refractivity contribution is 7.91. The molecule has 0 saturated carbocycles. The van der Waals surface area contributed by atoms with E-state index in [9.17, 15) is 17.6 Å².